The zero-order valence-electron chi connectivity index (χ0n) is 8.36. The van der Waals surface area contributed by atoms with Crippen molar-refractivity contribution in [3.8, 4) is 0 Å². The maximum absolute atomic E-state index is 11.3. The fourth-order valence-electron chi connectivity index (χ4n) is 1.26. The highest BCUT2D eigenvalue weighted by atomic mass is 16.5. The van der Waals surface area contributed by atoms with Gasteiger partial charge in [-0.15, -0.1) is 0 Å². The molecule has 2 unspecified atom stereocenters. The summed E-state index contributed by atoms with van der Waals surface area (Å²) in [6, 6.07) is 0. The van der Waals surface area contributed by atoms with Crippen LogP contribution in [0, 0.1) is 11.8 Å². The third-order valence-electron chi connectivity index (χ3n) is 2.03. The van der Waals surface area contributed by atoms with Crippen LogP contribution in [0.3, 0.4) is 0 Å². The van der Waals surface area contributed by atoms with E-state index in [1.807, 2.05) is 0 Å². The van der Waals surface area contributed by atoms with Crippen molar-refractivity contribution in [2.45, 2.75) is 13.8 Å². The normalized spacial score (nSPS) is 23.9. The van der Waals surface area contributed by atoms with E-state index in [1.54, 1.807) is 26.0 Å². The second-order valence-electron chi connectivity index (χ2n) is 2.94. The summed E-state index contributed by atoms with van der Waals surface area (Å²) in [6.45, 7) is 4.14. The lowest BCUT2D eigenvalue weighted by atomic mass is 9.82. The Balaban J connectivity index is 2.47. The summed E-state index contributed by atoms with van der Waals surface area (Å²) in [7, 11) is 0. The lowest BCUT2D eigenvalue weighted by Gasteiger charge is -2.25. The van der Waals surface area contributed by atoms with Gasteiger partial charge >= 0.3 is 11.9 Å². The predicted octanol–water partition coefficient (Wildman–Crippen LogP) is 0.915. The van der Waals surface area contributed by atoms with Gasteiger partial charge in [0.15, 0.2) is 0 Å². The second-order valence-corrected chi connectivity index (χ2v) is 2.94. The fraction of sp³-hybridized carbons (Fsp3) is 0.600. The van der Waals surface area contributed by atoms with E-state index in [0.717, 1.165) is 0 Å². The molecule has 0 saturated heterocycles. The summed E-state index contributed by atoms with van der Waals surface area (Å²) in [5, 5.41) is 0. The summed E-state index contributed by atoms with van der Waals surface area (Å²) >= 11 is 0. The molecule has 78 valence electrons. The molecule has 0 aliphatic heterocycles. The molecule has 0 radical (unpaired) electrons. The SMILES string of the molecule is CCOC(=O)C1C=CC1C(=O)OCC. The van der Waals surface area contributed by atoms with E-state index in [0.29, 0.717) is 13.2 Å². The molecule has 0 saturated carbocycles. The van der Waals surface area contributed by atoms with E-state index < -0.39 is 11.8 Å². The van der Waals surface area contributed by atoms with Crippen LogP contribution in [0.15, 0.2) is 12.2 Å². The smallest absolute Gasteiger partial charge is 0.313 e. The van der Waals surface area contributed by atoms with Gasteiger partial charge in [0.25, 0.3) is 0 Å². The quantitative estimate of drug-likeness (QED) is 0.497. The Kier molecular flexibility index (Phi) is 3.68. The molecule has 0 aromatic rings. The number of carbonyl (C=O) groups excluding carboxylic acids is 2. The lowest BCUT2D eigenvalue weighted by molar-refractivity contribution is -0.157. The van der Waals surface area contributed by atoms with E-state index in [-0.39, 0.29) is 11.9 Å². The maximum Gasteiger partial charge on any atom is 0.313 e. The van der Waals surface area contributed by atoms with Crippen molar-refractivity contribution in [3.63, 3.8) is 0 Å². The third-order valence-corrected chi connectivity index (χ3v) is 2.03. The summed E-state index contributed by atoms with van der Waals surface area (Å²) in [5.41, 5.74) is 0. The molecule has 1 rings (SSSR count). The van der Waals surface area contributed by atoms with Crippen LogP contribution in [0.2, 0.25) is 0 Å². The Morgan fingerprint density at radius 1 is 1.00 bits per heavy atom. The van der Waals surface area contributed by atoms with Crippen molar-refractivity contribution in [1.29, 1.82) is 0 Å². The van der Waals surface area contributed by atoms with Crippen LogP contribution in [0.5, 0.6) is 0 Å². The maximum atomic E-state index is 11.3. The van der Waals surface area contributed by atoms with Crippen molar-refractivity contribution < 1.29 is 19.1 Å². The summed E-state index contributed by atoms with van der Waals surface area (Å²) in [5.74, 6) is -1.61. The molecular formula is C10H14O4. The molecule has 0 spiro atoms. The van der Waals surface area contributed by atoms with Gasteiger partial charge in [-0.3, -0.25) is 9.59 Å². The van der Waals surface area contributed by atoms with E-state index in [2.05, 4.69) is 0 Å². The third kappa shape index (κ3) is 2.13. The first-order valence-electron chi connectivity index (χ1n) is 4.72. The average molecular weight is 198 g/mol. The van der Waals surface area contributed by atoms with E-state index in [1.165, 1.54) is 0 Å². The minimum Gasteiger partial charge on any atom is -0.466 e. The van der Waals surface area contributed by atoms with Gasteiger partial charge in [0.2, 0.25) is 0 Å². The Morgan fingerprint density at radius 2 is 1.36 bits per heavy atom. The van der Waals surface area contributed by atoms with Gasteiger partial charge in [-0.25, -0.2) is 0 Å². The number of hydrogen-bond donors (Lipinski definition) is 0. The van der Waals surface area contributed by atoms with Gasteiger partial charge in [-0.05, 0) is 13.8 Å². The first-order chi connectivity index (χ1) is 6.70. The van der Waals surface area contributed by atoms with Gasteiger partial charge in [-0.2, -0.15) is 0 Å². The van der Waals surface area contributed by atoms with Gasteiger partial charge in [-0.1, -0.05) is 12.2 Å². The van der Waals surface area contributed by atoms with Crippen molar-refractivity contribution in [1.82, 2.24) is 0 Å². The molecular weight excluding hydrogens is 184 g/mol. The number of esters is 2. The molecule has 0 fully saturated rings. The highest BCUT2D eigenvalue weighted by Gasteiger charge is 2.37. The minimum absolute atomic E-state index is 0.332. The van der Waals surface area contributed by atoms with E-state index >= 15 is 0 Å². The topological polar surface area (TPSA) is 52.6 Å². The number of ether oxygens (including phenoxy) is 2. The second kappa shape index (κ2) is 4.79. The van der Waals surface area contributed by atoms with Gasteiger partial charge in [0, 0.05) is 0 Å². The molecule has 0 aromatic carbocycles. The molecule has 0 amide bonds. The molecule has 0 aromatic heterocycles. The van der Waals surface area contributed by atoms with Gasteiger partial charge < -0.3 is 9.47 Å². The molecule has 2 atom stereocenters. The zero-order chi connectivity index (χ0) is 10.6. The molecule has 1 aliphatic rings. The standard InChI is InChI=1S/C10H14O4/c1-3-13-9(11)7-5-6-8(7)10(12)14-4-2/h5-8H,3-4H2,1-2H3. The molecule has 0 N–H and O–H groups in total. The van der Waals surface area contributed by atoms with Crippen LogP contribution < -0.4 is 0 Å². The molecule has 1 aliphatic carbocycles. The largest absolute Gasteiger partial charge is 0.466 e. The van der Waals surface area contributed by atoms with Crippen LogP contribution in [0.25, 0.3) is 0 Å². The fourth-order valence-corrected chi connectivity index (χ4v) is 1.26. The van der Waals surface area contributed by atoms with Crippen LogP contribution in [0.4, 0.5) is 0 Å². The van der Waals surface area contributed by atoms with Crippen molar-refractivity contribution in [2.75, 3.05) is 13.2 Å². The molecule has 0 bridgehead atoms. The molecule has 4 heteroatoms. The number of rotatable bonds is 4. The lowest BCUT2D eigenvalue weighted by Crippen LogP contribution is -2.35. The molecule has 14 heavy (non-hydrogen) atoms. The van der Waals surface area contributed by atoms with Gasteiger partial charge in [0.05, 0.1) is 25.0 Å². The molecule has 0 heterocycles. The Morgan fingerprint density at radius 3 is 1.57 bits per heavy atom. The van der Waals surface area contributed by atoms with Crippen molar-refractivity contribution >= 4 is 11.9 Å². The minimum atomic E-state index is -0.450. The average Bonchev–Trinajstić information content (AvgIpc) is 2.02. The summed E-state index contributed by atoms with van der Waals surface area (Å²) in [4.78, 5) is 22.5. The van der Waals surface area contributed by atoms with Crippen LogP contribution >= 0.6 is 0 Å². The van der Waals surface area contributed by atoms with Crippen molar-refractivity contribution in [2.24, 2.45) is 11.8 Å². The van der Waals surface area contributed by atoms with E-state index in [4.69, 9.17) is 9.47 Å². The summed E-state index contributed by atoms with van der Waals surface area (Å²) in [6.07, 6.45) is 3.33. The number of hydrogen-bond acceptors (Lipinski definition) is 4. The Hall–Kier alpha value is -1.32. The highest BCUT2D eigenvalue weighted by molar-refractivity contribution is 5.87. The first-order valence-corrected chi connectivity index (χ1v) is 4.72. The first kappa shape index (κ1) is 10.8. The van der Waals surface area contributed by atoms with Crippen LogP contribution in [-0.2, 0) is 19.1 Å². The Bertz CT molecular complexity index is 231. The van der Waals surface area contributed by atoms with Crippen LogP contribution in [0.1, 0.15) is 13.8 Å². The zero-order valence-corrected chi connectivity index (χ0v) is 8.36. The Labute approximate surface area is 82.9 Å². The predicted molar refractivity (Wildman–Crippen MR) is 49.4 cm³/mol. The van der Waals surface area contributed by atoms with Crippen LogP contribution in [-0.4, -0.2) is 25.2 Å². The van der Waals surface area contributed by atoms with Crippen molar-refractivity contribution in [3.05, 3.63) is 12.2 Å². The number of carbonyl (C=O) groups is 2. The van der Waals surface area contributed by atoms with Gasteiger partial charge in [0.1, 0.15) is 0 Å². The highest BCUT2D eigenvalue weighted by Crippen LogP contribution is 2.27. The molecule has 4 nitrogen and oxygen atoms in total. The van der Waals surface area contributed by atoms with E-state index in [9.17, 15) is 9.59 Å². The monoisotopic (exact) mass is 198 g/mol. The summed E-state index contributed by atoms with van der Waals surface area (Å²) < 4.78 is 9.61.